The molecule has 0 fully saturated rings. The Balaban J connectivity index is 2.10. The molecule has 0 saturated heterocycles. The number of nitrogens with zero attached hydrogens (tertiary/aromatic N) is 3. The quantitative estimate of drug-likeness (QED) is 0.163. The van der Waals surface area contributed by atoms with Crippen LogP contribution in [0.5, 0.6) is 0 Å². The fourth-order valence-electron chi connectivity index (χ4n) is 4.57. The van der Waals surface area contributed by atoms with Crippen molar-refractivity contribution in [2.45, 2.75) is 80.9 Å². The van der Waals surface area contributed by atoms with Crippen LogP contribution in [0.4, 0.5) is 11.4 Å². The summed E-state index contributed by atoms with van der Waals surface area (Å²) in [5.41, 5.74) is 12.8. The molecule has 37 heavy (non-hydrogen) atoms. The summed E-state index contributed by atoms with van der Waals surface area (Å²) in [5, 5.41) is 0. The standard InChI is InChI=1S/C32H43N3OSi/c1-21-14-11-15-22(2)29(21)33-27(7)31-25(5)20-26(6)32(35-31)28(18-13-19-36-37(8,9)10)34-30-23(3)16-12-17-24(30)4/h11-12,14-17,20H,13,18-19H2,1-10H3. The minimum atomic E-state index is -1.56. The second-order valence-electron chi connectivity index (χ2n) is 11.1. The first-order valence-electron chi connectivity index (χ1n) is 13.3. The lowest BCUT2D eigenvalue weighted by Crippen LogP contribution is -2.26. The van der Waals surface area contributed by atoms with Crippen LogP contribution in [0.25, 0.3) is 0 Å². The molecule has 1 aromatic heterocycles. The van der Waals surface area contributed by atoms with Gasteiger partial charge in [-0.2, -0.15) is 0 Å². The third kappa shape index (κ3) is 7.56. The van der Waals surface area contributed by atoms with E-state index in [0.717, 1.165) is 64.8 Å². The molecule has 0 amide bonds. The van der Waals surface area contributed by atoms with Crippen LogP contribution in [0.15, 0.2) is 52.4 Å². The molecule has 0 spiro atoms. The van der Waals surface area contributed by atoms with E-state index in [2.05, 4.69) is 111 Å². The molecule has 0 bridgehead atoms. The molecule has 4 nitrogen and oxygen atoms in total. The predicted octanol–water partition coefficient (Wildman–Crippen LogP) is 8.83. The number of hydrogen-bond donors (Lipinski definition) is 0. The molecule has 0 radical (unpaired) electrons. The number of benzene rings is 2. The van der Waals surface area contributed by atoms with E-state index >= 15 is 0 Å². The predicted molar refractivity (Wildman–Crippen MR) is 162 cm³/mol. The van der Waals surface area contributed by atoms with Gasteiger partial charge >= 0.3 is 0 Å². The second-order valence-corrected chi connectivity index (χ2v) is 15.6. The Hall–Kier alpha value is -2.89. The van der Waals surface area contributed by atoms with Crippen molar-refractivity contribution in [1.82, 2.24) is 4.98 Å². The lowest BCUT2D eigenvalue weighted by molar-refractivity contribution is 0.307. The normalized spacial score (nSPS) is 12.8. The summed E-state index contributed by atoms with van der Waals surface area (Å²) >= 11 is 0. The molecule has 3 rings (SSSR count). The summed E-state index contributed by atoms with van der Waals surface area (Å²) in [6.07, 6.45) is 1.72. The summed E-state index contributed by atoms with van der Waals surface area (Å²) in [6.45, 7) is 22.2. The number of hydrogen-bond acceptors (Lipinski definition) is 4. The molecule has 0 aliphatic rings. The monoisotopic (exact) mass is 513 g/mol. The number of pyridine rings is 1. The molecule has 1 heterocycles. The molecule has 0 aliphatic carbocycles. The van der Waals surface area contributed by atoms with Gasteiger partial charge in [0.15, 0.2) is 8.32 Å². The molecule has 0 aliphatic heterocycles. The zero-order chi connectivity index (χ0) is 27.3. The SMILES string of the molecule is CC(=Nc1c(C)cccc1C)c1nc(C(CCCO[Si](C)(C)C)=Nc2c(C)cccc2C)c(C)cc1C. The minimum absolute atomic E-state index is 0.742. The first-order chi connectivity index (χ1) is 17.4. The van der Waals surface area contributed by atoms with Gasteiger partial charge in [-0.1, -0.05) is 42.5 Å². The third-order valence-corrected chi connectivity index (χ3v) is 7.59. The smallest absolute Gasteiger partial charge is 0.183 e. The highest BCUT2D eigenvalue weighted by Gasteiger charge is 2.18. The van der Waals surface area contributed by atoms with E-state index < -0.39 is 8.32 Å². The highest BCUT2D eigenvalue weighted by atomic mass is 28.4. The van der Waals surface area contributed by atoms with E-state index in [1.54, 1.807) is 0 Å². The zero-order valence-corrected chi connectivity index (χ0v) is 25.4. The van der Waals surface area contributed by atoms with Crippen LogP contribution >= 0.6 is 0 Å². The first-order valence-corrected chi connectivity index (χ1v) is 16.7. The molecule has 5 heteroatoms. The van der Waals surface area contributed by atoms with Crippen LogP contribution in [0.1, 0.15) is 64.5 Å². The van der Waals surface area contributed by atoms with Crippen LogP contribution < -0.4 is 0 Å². The molecule has 3 aromatic rings. The Morgan fingerprint density at radius 3 is 1.73 bits per heavy atom. The average molecular weight is 514 g/mol. The Bertz CT molecular complexity index is 1290. The van der Waals surface area contributed by atoms with Crippen LogP contribution in [-0.2, 0) is 4.43 Å². The van der Waals surface area contributed by atoms with Crippen LogP contribution in [-0.4, -0.2) is 31.3 Å². The van der Waals surface area contributed by atoms with Crippen molar-refractivity contribution < 1.29 is 4.43 Å². The molecule has 0 saturated carbocycles. The van der Waals surface area contributed by atoms with Gasteiger partial charge in [0.2, 0.25) is 0 Å². The number of aryl methyl sites for hydroxylation is 6. The average Bonchev–Trinajstić information content (AvgIpc) is 2.80. The second kappa shape index (κ2) is 12.1. The van der Waals surface area contributed by atoms with Crippen molar-refractivity contribution in [3.05, 3.63) is 87.2 Å². The van der Waals surface area contributed by atoms with E-state index in [1.165, 1.54) is 22.3 Å². The topological polar surface area (TPSA) is 46.8 Å². The number of rotatable bonds is 9. The Morgan fingerprint density at radius 1 is 0.730 bits per heavy atom. The summed E-state index contributed by atoms with van der Waals surface area (Å²) in [5.74, 6) is 0. The van der Waals surface area contributed by atoms with Gasteiger partial charge in [0.1, 0.15) is 0 Å². The van der Waals surface area contributed by atoms with E-state index in [9.17, 15) is 0 Å². The summed E-state index contributed by atoms with van der Waals surface area (Å²) in [6, 6.07) is 14.9. The fourth-order valence-corrected chi connectivity index (χ4v) is 5.33. The van der Waals surface area contributed by atoms with Gasteiger partial charge in [-0.25, -0.2) is 4.98 Å². The molecule has 0 N–H and O–H groups in total. The van der Waals surface area contributed by atoms with Gasteiger partial charge in [0.25, 0.3) is 0 Å². The Labute approximate surface area is 225 Å². The van der Waals surface area contributed by atoms with Crippen LogP contribution in [0.3, 0.4) is 0 Å². The summed E-state index contributed by atoms with van der Waals surface area (Å²) in [4.78, 5) is 15.5. The maximum atomic E-state index is 6.16. The van der Waals surface area contributed by atoms with Crippen LogP contribution in [0.2, 0.25) is 19.6 Å². The van der Waals surface area contributed by atoms with Crippen molar-refractivity contribution >= 4 is 31.1 Å². The van der Waals surface area contributed by atoms with E-state index in [4.69, 9.17) is 19.4 Å². The van der Waals surface area contributed by atoms with E-state index in [0.29, 0.717) is 0 Å². The maximum absolute atomic E-state index is 6.16. The summed E-state index contributed by atoms with van der Waals surface area (Å²) < 4.78 is 6.16. The van der Waals surface area contributed by atoms with Gasteiger partial charge in [-0.05, 0) is 114 Å². The highest BCUT2D eigenvalue weighted by molar-refractivity contribution is 6.69. The van der Waals surface area contributed by atoms with Crippen molar-refractivity contribution in [3.8, 4) is 0 Å². The molecule has 2 aromatic carbocycles. The van der Waals surface area contributed by atoms with Gasteiger partial charge in [0, 0.05) is 6.61 Å². The fraction of sp³-hybridized carbons (Fsp3) is 0.406. The Kier molecular flexibility index (Phi) is 9.38. The van der Waals surface area contributed by atoms with Crippen LogP contribution in [0, 0.1) is 41.5 Å². The van der Waals surface area contributed by atoms with Crippen molar-refractivity contribution in [3.63, 3.8) is 0 Å². The number of aromatic nitrogens is 1. The van der Waals surface area contributed by atoms with Gasteiger partial charge in [-0.3, -0.25) is 9.98 Å². The lowest BCUT2D eigenvalue weighted by Gasteiger charge is -2.18. The van der Waals surface area contributed by atoms with Gasteiger partial charge in [0.05, 0.1) is 34.2 Å². The molecular weight excluding hydrogens is 470 g/mol. The highest BCUT2D eigenvalue weighted by Crippen LogP contribution is 2.28. The number of aliphatic imine (C=N–C) groups is 2. The van der Waals surface area contributed by atoms with E-state index in [1.807, 2.05) is 0 Å². The van der Waals surface area contributed by atoms with E-state index in [-0.39, 0.29) is 0 Å². The number of para-hydroxylation sites is 2. The largest absolute Gasteiger partial charge is 0.418 e. The van der Waals surface area contributed by atoms with Crippen molar-refractivity contribution in [2.24, 2.45) is 9.98 Å². The minimum Gasteiger partial charge on any atom is -0.418 e. The van der Waals surface area contributed by atoms with Crippen molar-refractivity contribution in [2.75, 3.05) is 6.61 Å². The van der Waals surface area contributed by atoms with Crippen molar-refractivity contribution in [1.29, 1.82) is 0 Å². The first kappa shape index (κ1) is 28.7. The van der Waals surface area contributed by atoms with Gasteiger partial charge in [-0.15, -0.1) is 0 Å². The molecule has 0 unspecified atom stereocenters. The summed E-state index contributed by atoms with van der Waals surface area (Å²) in [7, 11) is -1.56. The zero-order valence-electron chi connectivity index (χ0n) is 24.4. The third-order valence-electron chi connectivity index (χ3n) is 6.52. The molecule has 0 atom stereocenters. The lowest BCUT2D eigenvalue weighted by atomic mass is 10.0. The maximum Gasteiger partial charge on any atom is 0.183 e. The van der Waals surface area contributed by atoms with Gasteiger partial charge < -0.3 is 4.43 Å². The Morgan fingerprint density at radius 2 is 1.22 bits per heavy atom. The molecule has 196 valence electrons. The molecular formula is C32H43N3OSi.